The quantitative estimate of drug-likeness (QED) is 0.709. The van der Waals surface area contributed by atoms with Crippen LogP contribution in [0.5, 0.6) is 0 Å². The van der Waals surface area contributed by atoms with Gasteiger partial charge in [-0.15, -0.1) is 0 Å². The van der Waals surface area contributed by atoms with Crippen LogP contribution in [0.15, 0.2) is 59.7 Å². The van der Waals surface area contributed by atoms with Gasteiger partial charge < -0.3 is 0 Å². The number of carbonyl (C=O) groups excluding carboxylic acids is 2. The highest BCUT2D eigenvalue weighted by Crippen LogP contribution is 2.62. The molecule has 0 saturated carbocycles. The second-order valence-corrected chi connectivity index (χ2v) is 9.51. The highest BCUT2D eigenvalue weighted by Gasteiger charge is 2.60. The Hall–Kier alpha value is -2.68. The predicted octanol–water partition coefficient (Wildman–Crippen LogP) is 4.80. The minimum absolute atomic E-state index is 0.0756. The van der Waals surface area contributed by atoms with Crippen molar-refractivity contribution in [2.75, 3.05) is 6.54 Å². The first kappa shape index (κ1) is 18.4. The third-order valence-electron chi connectivity index (χ3n) is 6.64. The van der Waals surface area contributed by atoms with Crippen molar-refractivity contribution in [2.24, 2.45) is 11.8 Å². The fourth-order valence-electron chi connectivity index (χ4n) is 5.91. The van der Waals surface area contributed by atoms with Gasteiger partial charge >= 0.3 is 0 Å². The van der Waals surface area contributed by atoms with Crippen molar-refractivity contribution >= 4 is 11.8 Å². The highest BCUT2D eigenvalue weighted by molar-refractivity contribution is 6.23. The third kappa shape index (κ3) is 2.24. The van der Waals surface area contributed by atoms with E-state index < -0.39 is 5.41 Å². The average molecular weight is 386 g/mol. The lowest BCUT2D eigenvalue weighted by atomic mass is 9.51. The number of imide groups is 1. The summed E-state index contributed by atoms with van der Waals surface area (Å²) in [7, 11) is 0. The smallest absolute Gasteiger partial charge is 0.258 e. The van der Waals surface area contributed by atoms with E-state index in [1.807, 2.05) is 0 Å². The van der Waals surface area contributed by atoms with Gasteiger partial charge in [-0.3, -0.25) is 14.5 Å². The third-order valence-corrected chi connectivity index (χ3v) is 6.64. The summed E-state index contributed by atoms with van der Waals surface area (Å²) in [4.78, 5) is 28.8. The highest BCUT2D eigenvalue weighted by atomic mass is 16.2. The summed E-state index contributed by atoms with van der Waals surface area (Å²) in [5.41, 5.74) is 5.75. The second kappa shape index (κ2) is 6.16. The van der Waals surface area contributed by atoms with Gasteiger partial charge in [0.25, 0.3) is 11.8 Å². The lowest BCUT2D eigenvalue weighted by molar-refractivity contribution is -0.138. The van der Waals surface area contributed by atoms with Gasteiger partial charge in [-0.05, 0) is 40.5 Å². The molecule has 3 heteroatoms. The van der Waals surface area contributed by atoms with Crippen molar-refractivity contribution in [3.63, 3.8) is 0 Å². The van der Waals surface area contributed by atoms with E-state index in [9.17, 15) is 9.59 Å². The molecule has 3 aliphatic carbocycles. The average Bonchev–Trinajstić information content (AvgIpc) is 2.94. The molecule has 0 saturated heterocycles. The van der Waals surface area contributed by atoms with Crippen LogP contribution >= 0.6 is 0 Å². The zero-order valence-electron chi connectivity index (χ0n) is 17.5. The van der Waals surface area contributed by atoms with Gasteiger partial charge in [-0.2, -0.15) is 0 Å². The summed E-state index contributed by atoms with van der Waals surface area (Å²) in [6, 6.07) is 16.9. The van der Waals surface area contributed by atoms with Crippen molar-refractivity contribution in [2.45, 2.75) is 45.4 Å². The van der Waals surface area contributed by atoms with Crippen LogP contribution in [-0.2, 0) is 15.0 Å². The summed E-state index contributed by atoms with van der Waals surface area (Å²) in [6.45, 7) is 8.99. The molecule has 148 valence electrons. The van der Waals surface area contributed by atoms with Gasteiger partial charge in [0.2, 0.25) is 0 Å². The molecule has 2 bridgehead atoms. The van der Waals surface area contributed by atoms with Gasteiger partial charge in [0.05, 0.1) is 5.41 Å². The summed E-state index contributed by atoms with van der Waals surface area (Å²) in [5, 5.41) is 0. The molecule has 0 atom stereocenters. The van der Waals surface area contributed by atoms with Gasteiger partial charge in [-0.25, -0.2) is 0 Å². The van der Waals surface area contributed by atoms with E-state index in [0.29, 0.717) is 12.5 Å². The first-order chi connectivity index (χ1) is 13.9. The lowest BCUT2D eigenvalue weighted by Gasteiger charge is -2.49. The Morgan fingerprint density at radius 2 is 1.38 bits per heavy atom. The first-order valence-electron chi connectivity index (χ1n) is 10.7. The predicted molar refractivity (Wildman–Crippen MR) is 114 cm³/mol. The summed E-state index contributed by atoms with van der Waals surface area (Å²) < 4.78 is 0. The molecule has 29 heavy (non-hydrogen) atoms. The van der Waals surface area contributed by atoms with E-state index in [1.54, 1.807) is 0 Å². The number of carbonyl (C=O) groups is 2. The Labute approximate surface area is 172 Å². The molecule has 2 aromatic rings. The Morgan fingerprint density at radius 3 is 1.90 bits per heavy atom. The molecule has 3 nitrogen and oxygen atoms in total. The molecule has 1 aliphatic heterocycles. The minimum atomic E-state index is -0.538. The SMILES string of the molecule is CC(C)CN1C(=O)C2=C(C1=O)C1(CC(C)C)c3ccccc3C2c2ccccc21. The molecule has 0 radical (unpaired) electrons. The normalized spacial score (nSPS) is 24.5. The van der Waals surface area contributed by atoms with Gasteiger partial charge in [0, 0.05) is 23.6 Å². The molecule has 2 amide bonds. The molecule has 1 heterocycles. The zero-order valence-corrected chi connectivity index (χ0v) is 17.5. The molecular weight excluding hydrogens is 358 g/mol. The van der Waals surface area contributed by atoms with Crippen LogP contribution in [0.4, 0.5) is 0 Å². The number of nitrogens with zero attached hydrogens (tertiary/aromatic N) is 1. The summed E-state index contributed by atoms with van der Waals surface area (Å²) in [5.74, 6) is 0.323. The molecule has 2 aromatic carbocycles. The van der Waals surface area contributed by atoms with Gasteiger partial charge in [-0.1, -0.05) is 76.2 Å². The molecule has 0 spiro atoms. The topological polar surface area (TPSA) is 37.4 Å². The Kier molecular flexibility index (Phi) is 3.90. The Morgan fingerprint density at radius 1 is 0.828 bits per heavy atom. The number of amides is 2. The van der Waals surface area contributed by atoms with E-state index in [-0.39, 0.29) is 23.7 Å². The zero-order chi connectivity index (χ0) is 20.5. The number of hydrogen-bond acceptors (Lipinski definition) is 2. The van der Waals surface area contributed by atoms with Crippen LogP contribution in [0, 0.1) is 11.8 Å². The summed E-state index contributed by atoms with van der Waals surface area (Å²) in [6.07, 6.45) is 0.821. The molecule has 0 fully saturated rings. The standard InChI is InChI=1S/C26H27NO2/c1-15(2)13-26-19-11-7-5-9-17(19)21(18-10-6-8-12-20(18)26)22-23(26)25(29)27(24(22)28)14-16(3)4/h5-12,15-16,21H,13-14H2,1-4H3. The monoisotopic (exact) mass is 385 g/mol. The maximum Gasteiger partial charge on any atom is 0.258 e. The summed E-state index contributed by atoms with van der Waals surface area (Å²) >= 11 is 0. The Bertz CT molecular complexity index is 1030. The molecule has 6 rings (SSSR count). The molecular formula is C26H27NO2. The second-order valence-electron chi connectivity index (χ2n) is 9.51. The van der Waals surface area contributed by atoms with Gasteiger partial charge in [0.15, 0.2) is 0 Å². The van der Waals surface area contributed by atoms with E-state index in [0.717, 1.165) is 17.6 Å². The van der Waals surface area contributed by atoms with E-state index in [1.165, 1.54) is 27.2 Å². The van der Waals surface area contributed by atoms with Crippen LogP contribution in [0.2, 0.25) is 0 Å². The van der Waals surface area contributed by atoms with Crippen LogP contribution in [0.3, 0.4) is 0 Å². The number of benzene rings is 2. The van der Waals surface area contributed by atoms with Crippen molar-refractivity contribution < 1.29 is 9.59 Å². The van der Waals surface area contributed by atoms with Crippen molar-refractivity contribution in [1.82, 2.24) is 4.90 Å². The molecule has 0 N–H and O–H groups in total. The number of rotatable bonds is 4. The first-order valence-corrected chi connectivity index (χ1v) is 10.7. The maximum atomic E-state index is 13.7. The van der Waals surface area contributed by atoms with Crippen LogP contribution in [0.25, 0.3) is 0 Å². The maximum absolute atomic E-state index is 13.7. The van der Waals surface area contributed by atoms with E-state index >= 15 is 0 Å². The van der Waals surface area contributed by atoms with E-state index in [4.69, 9.17) is 0 Å². The van der Waals surface area contributed by atoms with Crippen LogP contribution in [-0.4, -0.2) is 23.3 Å². The fourth-order valence-corrected chi connectivity index (χ4v) is 5.91. The largest absolute Gasteiger partial charge is 0.275 e. The number of hydrogen-bond donors (Lipinski definition) is 0. The molecule has 0 unspecified atom stereocenters. The van der Waals surface area contributed by atoms with Gasteiger partial charge in [0.1, 0.15) is 0 Å². The lowest BCUT2D eigenvalue weighted by Crippen LogP contribution is -2.45. The van der Waals surface area contributed by atoms with Crippen molar-refractivity contribution in [1.29, 1.82) is 0 Å². The van der Waals surface area contributed by atoms with Crippen molar-refractivity contribution in [3.8, 4) is 0 Å². The molecule has 0 aromatic heterocycles. The van der Waals surface area contributed by atoms with Crippen LogP contribution in [0.1, 0.15) is 62.3 Å². The molecule has 4 aliphatic rings. The fraction of sp³-hybridized carbons (Fsp3) is 0.385. The minimum Gasteiger partial charge on any atom is -0.275 e. The Balaban J connectivity index is 1.85. The van der Waals surface area contributed by atoms with Crippen molar-refractivity contribution in [3.05, 3.63) is 81.9 Å². The van der Waals surface area contributed by atoms with Crippen LogP contribution < -0.4 is 0 Å². The van der Waals surface area contributed by atoms with E-state index in [2.05, 4.69) is 76.2 Å².